The Kier molecular flexibility index (Phi) is 2.60. The predicted molar refractivity (Wildman–Crippen MR) is 69.8 cm³/mol. The lowest BCUT2D eigenvalue weighted by Crippen LogP contribution is -2.01. The molecular weight excluding hydrogens is 263 g/mol. The quantitative estimate of drug-likeness (QED) is 0.742. The number of nitrogen functional groups attached to an aromatic ring is 1. The minimum Gasteiger partial charge on any atom is -0.478 e. The van der Waals surface area contributed by atoms with Crippen LogP contribution in [-0.2, 0) is 0 Å². The van der Waals surface area contributed by atoms with Crippen LogP contribution < -0.4 is 5.73 Å². The monoisotopic (exact) mass is 272 g/mol. The number of hydrogen-bond donors (Lipinski definition) is 2. The molecule has 2 aromatic heterocycles. The van der Waals surface area contributed by atoms with Crippen molar-refractivity contribution in [2.75, 3.05) is 5.73 Å². The Morgan fingerprint density at radius 2 is 2.15 bits per heavy atom. The Bertz CT molecular complexity index is 828. The topological polar surface area (TPSA) is 93.5 Å². The molecule has 3 aromatic rings. The Balaban J connectivity index is 2.29. The maximum Gasteiger partial charge on any atom is 0.335 e. The number of carbonyl (C=O) groups is 1. The van der Waals surface area contributed by atoms with E-state index in [2.05, 4.69) is 10.1 Å². The molecule has 100 valence electrons. The average Bonchev–Trinajstić information content (AvgIpc) is 2.77. The van der Waals surface area contributed by atoms with Crippen LogP contribution in [0, 0.1) is 5.82 Å². The van der Waals surface area contributed by atoms with Crippen LogP contribution in [0.5, 0.6) is 0 Å². The molecule has 3 rings (SSSR count). The molecule has 0 aliphatic carbocycles. The van der Waals surface area contributed by atoms with E-state index in [1.165, 1.54) is 29.0 Å². The molecule has 20 heavy (non-hydrogen) atoms. The summed E-state index contributed by atoms with van der Waals surface area (Å²) >= 11 is 0. The minimum absolute atomic E-state index is 0.0684. The highest BCUT2D eigenvalue weighted by Gasteiger charge is 2.16. The molecule has 0 saturated heterocycles. The van der Waals surface area contributed by atoms with Crippen LogP contribution in [-0.4, -0.2) is 25.7 Å². The van der Waals surface area contributed by atoms with E-state index < -0.39 is 11.8 Å². The van der Waals surface area contributed by atoms with Crippen LogP contribution in [0.3, 0.4) is 0 Å². The van der Waals surface area contributed by atoms with E-state index in [9.17, 15) is 9.18 Å². The zero-order valence-electron chi connectivity index (χ0n) is 10.1. The van der Waals surface area contributed by atoms with Crippen molar-refractivity contribution in [2.45, 2.75) is 0 Å². The molecule has 0 fully saturated rings. The fraction of sp³-hybridized carbons (Fsp3) is 0. The summed E-state index contributed by atoms with van der Waals surface area (Å²) in [6, 6.07) is 7.18. The van der Waals surface area contributed by atoms with Crippen LogP contribution in [0.1, 0.15) is 10.4 Å². The summed E-state index contributed by atoms with van der Waals surface area (Å²) in [5.41, 5.74) is 6.62. The van der Waals surface area contributed by atoms with Gasteiger partial charge in [-0.2, -0.15) is 5.10 Å². The Labute approximate surface area is 112 Å². The van der Waals surface area contributed by atoms with Gasteiger partial charge in [0.15, 0.2) is 11.6 Å². The standard InChI is InChI=1S/C13H9FN4O2/c14-9-5-10-12(15)16-6-17-18(10)11(9)7-2-1-3-8(4-7)13(19)20/h1-6H,(H,19,20)(H2,15,16,17). The molecule has 7 heteroatoms. The molecule has 0 aliphatic rings. The van der Waals surface area contributed by atoms with Crippen LogP contribution in [0.4, 0.5) is 10.2 Å². The molecule has 0 spiro atoms. The first-order valence-corrected chi connectivity index (χ1v) is 5.69. The van der Waals surface area contributed by atoms with E-state index in [4.69, 9.17) is 10.8 Å². The third-order valence-corrected chi connectivity index (χ3v) is 2.94. The third-order valence-electron chi connectivity index (χ3n) is 2.94. The highest BCUT2D eigenvalue weighted by Crippen LogP contribution is 2.27. The number of benzene rings is 1. The van der Waals surface area contributed by atoms with Crippen molar-refractivity contribution in [3.05, 3.63) is 48.0 Å². The molecule has 3 N–H and O–H groups in total. The van der Waals surface area contributed by atoms with Gasteiger partial charge in [-0.15, -0.1) is 0 Å². The van der Waals surface area contributed by atoms with Crippen LogP contribution in [0.25, 0.3) is 16.8 Å². The zero-order valence-corrected chi connectivity index (χ0v) is 10.1. The molecule has 2 heterocycles. The lowest BCUT2D eigenvalue weighted by atomic mass is 10.1. The number of nitrogens with zero attached hydrogens (tertiary/aromatic N) is 3. The van der Waals surface area contributed by atoms with Gasteiger partial charge in [0.2, 0.25) is 0 Å². The van der Waals surface area contributed by atoms with Crippen molar-refractivity contribution in [3.8, 4) is 11.3 Å². The molecule has 0 radical (unpaired) electrons. The lowest BCUT2D eigenvalue weighted by molar-refractivity contribution is 0.0697. The van der Waals surface area contributed by atoms with E-state index in [-0.39, 0.29) is 17.1 Å². The smallest absolute Gasteiger partial charge is 0.335 e. The number of carboxylic acids is 1. The van der Waals surface area contributed by atoms with Crippen LogP contribution >= 0.6 is 0 Å². The maximum absolute atomic E-state index is 14.1. The van der Waals surface area contributed by atoms with E-state index >= 15 is 0 Å². The molecule has 0 aliphatic heterocycles. The second kappa shape index (κ2) is 4.30. The number of rotatable bonds is 2. The Morgan fingerprint density at radius 3 is 2.90 bits per heavy atom. The van der Waals surface area contributed by atoms with Crippen molar-refractivity contribution in [3.63, 3.8) is 0 Å². The van der Waals surface area contributed by atoms with Crippen molar-refractivity contribution in [1.82, 2.24) is 14.6 Å². The molecule has 6 nitrogen and oxygen atoms in total. The highest BCUT2D eigenvalue weighted by molar-refractivity contribution is 5.89. The van der Waals surface area contributed by atoms with Crippen molar-refractivity contribution < 1.29 is 14.3 Å². The third kappa shape index (κ3) is 1.76. The van der Waals surface area contributed by atoms with Gasteiger partial charge in [-0.05, 0) is 12.1 Å². The second-order valence-electron chi connectivity index (χ2n) is 4.17. The van der Waals surface area contributed by atoms with Gasteiger partial charge in [0.05, 0.1) is 5.56 Å². The van der Waals surface area contributed by atoms with Crippen LogP contribution in [0.15, 0.2) is 36.7 Å². The normalized spacial score (nSPS) is 10.8. The SMILES string of the molecule is Nc1ncnn2c(-c3cccc(C(=O)O)c3)c(F)cc12. The fourth-order valence-corrected chi connectivity index (χ4v) is 2.04. The molecule has 0 bridgehead atoms. The van der Waals surface area contributed by atoms with Crippen molar-refractivity contribution >= 4 is 17.3 Å². The summed E-state index contributed by atoms with van der Waals surface area (Å²) in [5.74, 6) is -1.47. The number of carboxylic acid groups (broad SMARTS) is 1. The van der Waals surface area contributed by atoms with E-state index in [0.29, 0.717) is 11.1 Å². The van der Waals surface area contributed by atoms with Gasteiger partial charge in [0.1, 0.15) is 17.5 Å². The summed E-state index contributed by atoms with van der Waals surface area (Å²) in [4.78, 5) is 14.8. The molecule has 1 aromatic carbocycles. The second-order valence-corrected chi connectivity index (χ2v) is 4.17. The van der Waals surface area contributed by atoms with Gasteiger partial charge in [0, 0.05) is 11.6 Å². The average molecular weight is 272 g/mol. The molecule has 0 amide bonds. The largest absolute Gasteiger partial charge is 0.478 e. The number of anilines is 1. The number of aromatic nitrogens is 3. The van der Waals surface area contributed by atoms with Gasteiger partial charge >= 0.3 is 5.97 Å². The fourth-order valence-electron chi connectivity index (χ4n) is 2.04. The number of hydrogen-bond acceptors (Lipinski definition) is 4. The van der Waals surface area contributed by atoms with E-state index in [0.717, 1.165) is 0 Å². The van der Waals surface area contributed by atoms with Gasteiger partial charge in [0.25, 0.3) is 0 Å². The molecular formula is C13H9FN4O2. The van der Waals surface area contributed by atoms with Gasteiger partial charge in [-0.3, -0.25) is 0 Å². The van der Waals surface area contributed by atoms with Crippen LogP contribution in [0.2, 0.25) is 0 Å². The predicted octanol–water partition coefficient (Wildman–Crippen LogP) is 1.82. The van der Waals surface area contributed by atoms with Gasteiger partial charge in [-0.25, -0.2) is 18.7 Å². The number of halogens is 1. The van der Waals surface area contributed by atoms with Crippen molar-refractivity contribution in [2.24, 2.45) is 0 Å². The molecule has 0 unspecified atom stereocenters. The number of fused-ring (bicyclic) bond motifs is 1. The van der Waals surface area contributed by atoms with Gasteiger partial charge in [-0.1, -0.05) is 12.1 Å². The first kappa shape index (κ1) is 12.1. The summed E-state index contributed by atoms with van der Waals surface area (Å²) in [6.45, 7) is 0. The zero-order chi connectivity index (χ0) is 14.3. The van der Waals surface area contributed by atoms with Crippen molar-refractivity contribution in [1.29, 1.82) is 0 Å². The minimum atomic E-state index is -1.08. The number of aromatic carboxylic acids is 1. The molecule has 0 atom stereocenters. The van der Waals surface area contributed by atoms with Gasteiger partial charge < -0.3 is 10.8 Å². The number of nitrogens with two attached hydrogens (primary N) is 1. The highest BCUT2D eigenvalue weighted by atomic mass is 19.1. The molecule has 0 saturated carbocycles. The summed E-state index contributed by atoms with van der Waals surface area (Å²) in [5, 5.41) is 12.9. The summed E-state index contributed by atoms with van der Waals surface area (Å²) < 4.78 is 15.4. The first-order chi connectivity index (χ1) is 9.58. The Morgan fingerprint density at radius 1 is 1.35 bits per heavy atom. The van der Waals surface area contributed by atoms with E-state index in [1.54, 1.807) is 12.1 Å². The Hall–Kier alpha value is -2.96. The maximum atomic E-state index is 14.1. The summed E-state index contributed by atoms with van der Waals surface area (Å²) in [7, 11) is 0. The lowest BCUT2D eigenvalue weighted by Gasteiger charge is -2.04. The van der Waals surface area contributed by atoms with E-state index in [1.807, 2.05) is 0 Å². The summed E-state index contributed by atoms with van der Waals surface area (Å²) in [6.07, 6.45) is 1.21. The first-order valence-electron chi connectivity index (χ1n) is 5.69.